The van der Waals surface area contributed by atoms with Crippen molar-refractivity contribution < 1.29 is 183 Å². The number of amides is 2. The zero-order valence-electron chi connectivity index (χ0n) is 84.8. The Balaban J connectivity index is 0.000000358. The van der Waals surface area contributed by atoms with Gasteiger partial charge >= 0.3 is 77.6 Å². The normalized spacial score (nSPS) is 11.0. The molecular weight excluding hydrogens is 1920 g/mol. The van der Waals surface area contributed by atoms with E-state index in [2.05, 4.69) is 0 Å². The van der Waals surface area contributed by atoms with Crippen LogP contribution in [0, 0.1) is 0 Å². The fourth-order valence-corrected chi connectivity index (χ4v) is 11.6. The highest BCUT2D eigenvalue weighted by atomic mass is 16.6. The van der Waals surface area contributed by atoms with Gasteiger partial charge in [0.2, 0.25) is 0 Å². The molecule has 9 aromatic carbocycles. The van der Waals surface area contributed by atoms with Gasteiger partial charge in [-0.2, -0.15) is 0 Å². The Kier molecular flexibility index (Phi) is 47.0. The van der Waals surface area contributed by atoms with Crippen LogP contribution in [-0.2, 0) is 122 Å². The number of ether oxygens (including phenoxy) is 16. The van der Waals surface area contributed by atoms with E-state index in [4.69, 9.17) is 101 Å². The molecule has 0 aromatic heterocycles. The number of carbonyl (C=O) groups excluding carboxylic acids is 12. The Morgan fingerprint density at radius 3 is 0.626 bits per heavy atom. The number of rotatable bonds is 39. The molecule has 0 aliphatic rings. The molecule has 0 aliphatic carbocycles. The number of nitrogens with zero attached hydrogens (tertiary/aromatic N) is 2. The first kappa shape index (κ1) is 121. The number of aromatic hydroxyl groups is 4. The number of phenolic OH excluding ortho intramolecular Hbond substituents is 4. The summed E-state index contributed by atoms with van der Waals surface area (Å²) in [7, 11) is 0. The average molecular weight is 2050 g/mol. The third kappa shape index (κ3) is 52.6. The molecule has 790 valence electrons. The van der Waals surface area contributed by atoms with Gasteiger partial charge in [0.1, 0.15) is 144 Å². The zero-order chi connectivity index (χ0) is 110. The van der Waals surface area contributed by atoms with Crippen molar-refractivity contribution in [1.29, 1.82) is 0 Å². The largest absolute Gasteiger partial charge is 0.508 e. The molecule has 2 amide bonds. The molecule has 0 spiro atoms. The Morgan fingerprint density at radius 2 is 0.422 bits per heavy atom. The Morgan fingerprint density at radius 1 is 0.231 bits per heavy atom. The minimum absolute atomic E-state index is 0.0435. The van der Waals surface area contributed by atoms with E-state index < -0.39 is 176 Å². The number of benzene rings is 9. The van der Waals surface area contributed by atoms with Crippen molar-refractivity contribution in [2.75, 3.05) is 65.8 Å². The van der Waals surface area contributed by atoms with E-state index in [9.17, 15) is 82.1 Å². The number of aliphatic carboxylic acids is 2. The van der Waals surface area contributed by atoms with Gasteiger partial charge in [-0.15, -0.1) is 0 Å². The number of aromatic carboxylic acids is 1. The minimum Gasteiger partial charge on any atom is -0.508 e. The van der Waals surface area contributed by atoms with Crippen LogP contribution in [0.3, 0.4) is 0 Å². The second kappa shape index (κ2) is 57.4. The lowest BCUT2D eigenvalue weighted by Gasteiger charge is -2.26. The smallest absolute Gasteiger partial charge is 0.344 e. The van der Waals surface area contributed by atoms with Crippen LogP contribution in [0.2, 0.25) is 0 Å². The number of hydrogen-bond acceptors (Lipinski definition) is 35. The predicted octanol–water partition coefficient (Wildman–Crippen LogP) is 14.5. The highest BCUT2D eigenvalue weighted by Crippen LogP contribution is 2.31. The van der Waals surface area contributed by atoms with Gasteiger partial charge in [0, 0.05) is 30.3 Å². The average Bonchev–Trinajstić information content (AvgIpc) is 0.846. The van der Waals surface area contributed by atoms with E-state index in [0.29, 0.717) is 5.56 Å². The van der Waals surface area contributed by atoms with Crippen molar-refractivity contribution in [2.24, 2.45) is 0 Å². The molecule has 0 radical (unpaired) electrons. The van der Waals surface area contributed by atoms with Gasteiger partial charge in [0.25, 0.3) is 11.8 Å². The summed E-state index contributed by atoms with van der Waals surface area (Å²) >= 11 is 0. The number of carboxylic acids is 3. The molecule has 147 heavy (non-hydrogen) atoms. The second-order valence-electron chi connectivity index (χ2n) is 37.6. The van der Waals surface area contributed by atoms with Gasteiger partial charge in [-0.25, -0.2) is 43.2 Å². The van der Waals surface area contributed by atoms with Crippen LogP contribution in [0.5, 0.6) is 57.5 Å². The molecule has 0 fully saturated rings. The number of phenols is 4. The highest BCUT2D eigenvalue weighted by molar-refractivity contribution is 5.94. The molecule has 0 saturated heterocycles. The van der Waals surface area contributed by atoms with Gasteiger partial charge in [-0.3, -0.25) is 28.8 Å². The second-order valence-corrected chi connectivity index (χ2v) is 37.6. The van der Waals surface area contributed by atoms with E-state index >= 15 is 0 Å². The van der Waals surface area contributed by atoms with Crippen molar-refractivity contribution >= 4 is 89.4 Å². The molecule has 0 unspecified atom stereocenters. The molecule has 40 nitrogen and oxygen atoms in total. The Bertz CT molecular complexity index is 5660. The van der Waals surface area contributed by atoms with Crippen LogP contribution in [0.1, 0.15) is 199 Å². The maximum atomic E-state index is 13.5. The van der Waals surface area contributed by atoms with Crippen molar-refractivity contribution in [3.05, 3.63) is 262 Å². The Hall–Kier alpha value is -17.0. The van der Waals surface area contributed by atoms with E-state index in [1.807, 2.05) is 72.8 Å². The van der Waals surface area contributed by atoms with Gasteiger partial charge < -0.3 is 121 Å². The van der Waals surface area contributed by atoms with E-state index in [0.717, 1.165) is 50.8 Å². The first-order chi connectivity index (χ1) is 68.6. The van der Waals surface area contributed by atoms with Crippen molar-refractivity contribution in [2.45, 2.75) is 185 Å². The fraction of sp³-hybridized carbons (Fsp3) is 0.355. The van der Waals surface area contributed by atoms with Crippen molar-refractivity contribution in [3.63, 3.8) is 0 Å². The van der Waals surface area contributed by atoms with E-state index in [1.54, 1.807) is 173 Å². The molecular formula is C107H124N2O38. The molecule has 0 aliphatic heterocycles. The molecule has 0 heterocycles. The number of hydrogen-bond donors (Lipinski definition) is 7. The molecule has 0 atom stereocenters. The number of carbonyl (C=O) groups is 15. The topological polar surface area (TPSA) is 552 Å². The zero-order valence-corrected chi connectivity index (χ0v) is 84.8. The monoisotopic (exact) mass is 2040 g/mol. The fourth-order valence-electron chi connectivity index (χ4n) is 11.6. The van der Waals surface area contributed by atoms with Crippen molar-refractivity contribution in [3.8, 4) is 57.5 Å². The first-order valence-electron chi connectivity index (χ1n) is 45.2. The summed E-state index contributed by atoms with van der Waals surface area (Å²) in [5.41, 5.74) is -1.53. The van der Waals surface area contributed by atoms with Crippen LogP contribution < -0.4 is 28.4 Å². The third-order valence-electron chi connectivity index (χ3n) is 17.2. The number of carboxylic acid groups (broad SMARTS) is 3. The van der Waals surface area contributed by atoms with E-state index in [1.165, 1.54) is 66.7 Å². The molecule has 40 heteroatoms. The van der Waals surface area contributed by atoms with Crippen molar-refractivity contribution in [1.82, 2.24) is 9.80 Å². The summed E-state index contributed by atoms with van der Waals surface area (Å²) in [5.74, 6) is -12.7. The first-order valence-corrected chi connectivity index (χ1v) is 45.2. The molecule has 0 saturated carbocycles. The molecule has 9 rings (SSSR count). The van der Waals surface area contributed by atoms with Crippen LogP contribution in [0.15, 0.2) is 212 Å². The lowest BCUT2D eigenvalue weighted by molar-refractivity contribution is -0.165. The lowest BCUT2D eigenvalue weighted by Crippen LogP contribution is -2.45. The van der Waals surface area contributed by atoms with Gasteiger partial charge in [-0.05, 0) is 208 Å². The third-order valence-corrected chi connectivity index (χ3v) is 17.2. The minimum atomic E-state index is -1.20. The quantitative estimate of drug-likeness (QED) is 0.0139. The maximum absolute atomic E-state index is 13.5. The molecule has 0 bridgehead atoms. The SMILES string of the molecule is CC(C)(C)OC(=O)CN(CC(=O)OC(C)(C)C)C(=O)COc1cc(OCC(=O)N(CC(=O)OC(C)(C)C)CC(=O)OC(C)(C)C)cc(C(=O)OCc2ccccc2)c1.CC(C)(C)OC(=O)COc1cc(OCC(=O)OC(C)(C)C)cc(C(=O)OCc2ccccc2)c1.O=C(O)COc1cc(OCC(=O)O)cc(C(=O)OCc2ccccc2)c1.O=C(O)c1cc(O)cc(O)c1.O=C(OCc1ccccc1)c1cc(O)cc(O)c1. The van der Waals surface area contributed by atoms with Gasteiger partial charge in [-0.1, -0.05) is 121 Å². The summed E-state index contributed by atoms with van der Waals surface area (Å²) in [5, 5.41) is 61.9. The van der Waals surface area contributed by atoms with Gasteiger partial charge in [0.15, 0.2) is 39.6 Å². The summed E-state index contributed by atoms with van der Waals surface area (Å²) in [6.07, 6.45) is 0. The summed E-state index contributed by atoms with van der Waals surface area (Å²) < 4.78 is 85.6. The standard InChI is InChI=1S/C42H58N2O14.C26H32O8.C18H16O8.C14H12O4.C7H6O4/c1-39(2,3)55-34(47)21-43(22-35(48)56-40(4,5)6)32(45)26-52-30-18-29(38(51)54-25-28-16-14-13-15-17-28)19-31(20-30)53-27-33(46)44(23-36(49)57-41(7,8)9)24-37(50)58-42(10,11)12;1-25(2,3)33-22(27)16-30-20-12-19(24(29)32-15-18-10-8-7-9-11-18)13-21(14-20)31-17-23(28)34-26(4,5)6;19-16(20)10-24-14-6-13(7-15(8-14)25-11-17(21)22)18(23)26-9-12-4-2-1-3-5-12;15-12-6-11(7-13(16)8-12)14(17)18-9-10-4-2-1-3-5-10;8-5-1-4(7(10)11)2-6(9)3-5/h13-20H,21-27H2,1-12H3;7-14H,15-17H2,1-6H3;1-8H,9-11H2,(H,19,20)(H,21,22);1-8,15-16H,9H2;1-3,8-9H,(H,10,11). The van der Waals surface area contributed by atoms with Crippen LogP contribution >= 0.6 is 0 Å². The highest BCUT2D eigenvalue weighted by Gasteiger charge is 2.32. The summed E-state index contributed by atoms with van der Waals surface area (Å²) in [6, 6.07) is 55.3. The predicted molar refractivity (Wildman–Crippen MR) is 525 cm³/mol. The van der Waals surface area contributed by atoms with Crippen LogP contribution in [0.4, 0.5) is 0 Å². The summed E-state index contributed by atoms with van der Waals surface area (Å²) in [4.78, 5) is 185. The summed E-state index contributed by atoms with van der Waals surface area (Å²) in [6.45, 7) is 24.7. The lowest BCUT2D eigenvalue weighted by atomic mass is 10.2. The Labute approximate surface area is 849 Å². The van der Waals surface area contributed by atoms with Gasteiger partial charge in [0.05, 0.1) is 27.8 Å². The molecule has 9 aromatic rings. The van der Waals surface area contributed by atoms with E-state index in [-0.39, 0.29) is 125 Å². The molecule has 7 N–H and O–H groups in total. The van der Waals surface area contributed by atoms with Crippen LogP contribution in [0.25, 0.3) is 0 Å². The maximum Gasteiger partial charge on any atom is 0.344 e. The van der Waals surface area contributed by atoms with Crippen LogP contribution in [-0.4, -0.2) is 234 Å². The number of esters is 10.